The van der Waals surface area contributed by atoms with E-state index >= 15 is 0 Å². The summed E-state index contributed by atoms with van der Waals surface area (Å²) in [6.07, 6.45) is 0. The normalized spacial score (nSPS) is 14.3. The Morgan fingerprint density at radius 2 is 2.33 bits per heavy atom. The highest BCUT2D eigenvalue weighted by molar-refractivity contribution is 7.79. The summed E-state index contributed by atoms with van der Waals surface area (Å²) in [7, 11) is 0. The van der Waals surface area contributed by atoms with Gasteiger partial charge in [0.2, 0.25) is 0 Å². The molecule has 0 aliphatic carbocycles. The molecule has 0 aliphatic heterocycles. The van der Waals surface area contributed by atoms with Gasteiger partial charge < -0.3 is 4.55 Å². The van der Waals surface area contributed by atoms with Gasteiger partial charge in [0.1, 0.15) is 0 Å². The first-order valence-corrected chi connectivity index (χ1v) is 3.17. The predicted molar refractivity (Wildman–Crippen MR) is 24.5 cm³/mol. The van der Waals surface area contributed by atoms with Gasteiger partial charge in [-0.3, -0.25) is 4.21 Å². The molecule has 0 saturated carbocycles. The minimum atomic E-state index is -1.95. The van der Waals surface area contributed by atoms with Gasteiger partial charge in [0.05, 0.1) is 0 Å². The zero-order valence-electron chi connectivity index (χ0n) is 3.02. The Kier molecular flexibility index (Phi) is 3.82. The summed E-state index contributed by atoms with van der Waals surface area (Å²) in [5, 5.41) is 0. The van der Waals surface area contributed by atoms with E-state index in [0.717, 1.165) is 0 Å². The molecule has 0 spiro atoms. The van der Waals surface area contributed by atoms with Crippen LogP contribution in [0.5, 0.6) is 0 Å². The Morgan fingerprint density at radius 1 is 1.83 bits per heavy atom. The number of rotatable bonds is 2. The molecule has 0 heterocycles. The van der Waals surface area contributed by atoms with Gasteiger partial charge in [0, 0.05) is 11.6 Å². The van der Waals surface area contributed by atoms with E-state index in [-0.39, 0.29) is 11.6 Å². The topological polar surface area (TPSA) is 40.1 Å². The zero-order valence-corrected chi connectivity index (χ0v) is 4.59. The fourth-order valence-corrected chi connectivity index (χ4v) is 0.567. The number of alkyl halides is 1. The average molecular weight is 128 g/mol. The van der Waals surface area contributed by atoms with E-state index in [0.29, 0.717) is 0 Å². The summed E-state index contributed by atoms with van der Waals surface area (Å²) in [6.45, 7) is 0. The minimum absolute atomic E-state index is 0.0571. The molecule has 0 rings (SSSR count). The average Bonchev–Trinajstić information content (AvgIpc) is 1.35. The molecule has 1 atom stereocenters. The Morgan fingerprint density at radius 3 is 2.33 bits per heavy atom. The SMILES string of the molecule is O=S([O-])CCCl. The lowest BCUT2D eigenvalue weighted by Gasteiger charge is -1.96. The van der Waals surface area contributed by atoms with Crippen LogP contribution in [0.2, 0.25) is 0 Å². The van der Waals surface area contributed by atoms with Crippen molar-refractivity contribution < 1.29 is 8.76 Å². The summed E-state index contributed by atoms with van der Waals surface area (Å²) < 4.78 is 19.0. The van der Waals surface area contributed by atoms with Crippen LogP contribution in [0.3, 0.4) is 0 Å². The van der Waals surface area contributed by atoms with Crippen molar-refractivity contribution >= 4 is 22.7 Å². The smallest absolute Gasteiger partial charge is 0.0327 e. The van der Waals surface area contributed by atoms with Crippen molar-refractivity contribution in [1.82, 2.24) is 0 Å². The van der Waals surface area contributed by atoms with E-state index in [2.05, 4.69) is 0 Å². The van der Waals surface area contributed by atoms with E-state index in [1.807, 2.05) is 0 Å². The molecule has 0 bridgehead atoms. The van der Waals surface area contributed by atoms with Gasteiger partial charge in [-0.15, -0.1) is 11.6 Å². The predicted octanol–water partition coefficient (Wildman–Crippen LogP) is 0.104. The summed E-state index contributed by atoms with van der Waals surface area (Å²) >= 11 is 3.06. The van der Waals surface area contributed by atoms with Crippen molar-refractivity contribution in [3.63, 3.8) is 0 Å². The van der Waals surface area contributed by atoms with Crippen molar-refractivity contribution in [3.05, 3.63) is 0 Å². The summed E-state index contributed by atoms with van der Waals surface area (Å²) in [5.41, 5.74) is 0. The molecule has 6 heavy (non-hydrogen) atoms. The van der Waals surface area contributed by atoms with Crippen molar-refractivity contribution in [2.45, 2.75) is 0 Å². The Labute approximate surface area is 43.8 Å². The van der Waals surface area contributed by atoms with Crippen molar-refractivity contribution in [1.29, 1.82) is 0 Å². The largest absolute Gasteiger partial charge is 0.772 e. The molecular formula is C2H4ClO2S-. The van der Waals surface area contributed by atoms with Crippen LogP contribution in [0.1, 0.15) is 0 Å². The third-order valence-corrected chi connectivity index (χ3v) is 1.19. The maximum absolute atomic E-state index is 9.51. The maximum atomic E-state index is 9.51. The van der Waals surface area contributed by atoms with Crippen LogP contribution in [-0.2, 0) is 11.1 Å². The first kappa shape index (κ1) is 6.40. The summed E-state index contributed by atoms with van der Waals surface area (Å²) in [4.78, 5) is 0. The molecule has 0 N–H and O–H groups in total. The molecule has 0 fully saturated rings. The van der Waals surface area contributed by atoms with Gasteiger partial charge in [0.25, 0.3) is 0 Å². The molecule has 0 aromatic heterocycles. The van der Waals surface area contributed by atoms with Gasteiger partial charge in [-0.2, -0.15) is 0 Å². The van der Waals surface area contributed by atoms with Crippen LogP contribution in [0.15, 0.2) is 0 Å². The molecule has 38 valence electrons. The molecule has 4 heteroatoms. The van der Waals surface area contributed by atoms with Gasteiger partial charge in [-0.1, -0.05) is 11.1 Å². The van der Waals surface area contributed by atoms with Gasteiger partial charge in [-0.05, 0) is 0 Å². The molecule has 0 aliphatic rings. The Bertz CT molecular complexity index is 55.5. The Balaban J connectivity index is 2.83. The van der Waals surface area contributed by atoms with Crippen LogP contribution >= 0.6 is 11.6 Å². The van der Waals surface area contributed by atoms with Crippen LogP contribution in [-0.4, -0.2) is 20.4 Å². The van der Waals surface area contributed by atoms with E-state index in [1.54, 1.807) is 0 Å². The van der Waals surface area contributed by atoms with E-state index in [9.17, 15) is 8.76 Å². The van der Waals surface area contributed by atoms with Crippen LogP contribution in [0.25, 0.3) is 0 Å². The fourth-order valence-electron chi connectivity index (χ4n) is 0.0630. The summed E-state index contributed by atoms with van der Waals surface area (Å²) in [5.74, 6) is 0.248. The first-order chi connectivity index (χ1) is 2.77. The zero-order chi connectivity index (χ0) is 4.99. The molecule has 0 aromatic rings. The third kappa shape index (κ3) is 4.40. The lowest BCUT2D eigenvalue weighted by molar-refractivity contribution is 0.538. The second-order valence-electron chi connectivity index (χ2n) is 0.697. The number of halogens is 1. The molecule has 0 aromatic carbocycles. The lowest BCUT2D eigenvalue weighted by Crippen LogP contribution is -1.94. The maximum Gasteiger partial charge on any atom is 0.0327 e. The Hall–Kier alpha value is 0.400. The highest BCUT2D eigenvalue weighted by Gasteiger charge is 1.75. The van der Waals surface area contributed by atoms with Gasteiger partial charge in [-0.25, -0.2) is 0 Å². The van der Waals surface area contributed by atoms with Crippen LogP contribution in [0.4, 0.5) is 0 Å². The number of hydrogen-bond donors (Lipinski definition) is 0. The highest BCUT2D eigenvalue weighted by atomic mass is 35.5. The molecule has 0 radical (unpaired) electrons. The second-order valence-corrected chi connectivity index (χ2v) is 2.09. The van der Waals surface area contributed by atoms with Gasteiger partial charge >= 0.3 is 0 Å². The molecule has 0 amide bonds. The first-order valence-electron chi connectivity index (χ1n) is 1.39. The van der Waals surface area contributed by atoms with Crippen molar-refractivity contribution in [2.75, 3.05) is 11.6 Å². The molecule has 0 saturated heterocycles. The van der Waals surface area contributed by atoms with Crippen LogP contribution in [0, 0.1) is 0 Å². The molecule has 2 nitrogen and oxygen atoms in total. The molecule has 1 unspecified atom stereocenters. The highest BCUT2D eigenvalue weighted by Crippen LogP contribution is 1.75. The van der Waals surface area contributed by atoms with E-state index < -0.39 is 11.1 Å². The number of hydrogen-bond acceptors (Lipinski definition) is 2. The molecular weight excluding hydrogens is 124 g/mol. The van der Waals surface area contributed by atoms with Crippen molar-refractivity contribution in [3.8, 4) is 0 Å². The standard InChI is InChI=1S/C2H5ClO2S/c3-1-2-6(4)5/h1-2H2,(H,4,5)/p-1. The quantitative estimate of drug-likeness (QED) is 0.390. The fraction of sp³-hybridized carbons (Fsp3) is 1.00. The lowest BCUT2D eigenvalue weighted by atomic mass is 11.0. The van der Waals surface area contributed by atoms with E-state index in [4.69, 9.17) is 11.6 Å². The monoisotopic (exact) mass is 127 g/mol. The van der Waals surface area contributed by atoms with Crippen LogP contribution < -0.4 is 0 Å². The summed E-state index contributed by atoms with van der Waals surface area (Å²) in [6, 6.07) is 0. The van der Waals surface area contributed by atoms with Crippen molar-refractivity contribution in [2.24, 2.45) is 0 Å². The van der Waals surface area contributed by atoms with E-state index in [1.165, 1.54) is 0 Å². The third-order valence-electron chi connectivity index (χ3n) is 0.244. The minimum Gasteiger partial charge on any atom is -0.772 e. The van der Waals surface area contributed by atoms with Gasteiger partial charge in [0.15, 0.2) is 0 Å². The second kappa shape index (κ2) is 3.59.